The largest absolute Gasteiger partial charge is 0.497 e. The fourth-order valence-electron chi connectivity index (χ4n) is 0.217. The second-order valence-corrected chi connectivity index (χ2v) is 1.23. The average Bonchev–Trinajstić information content (AvgIpc) is 1.68. The maximum Gasteiger partial charge on any atom is 0.108 e. The van der Waals surface area contributed by atoms with E-state index >= 15 is 0 Å². The van der Waals surface area contributed by atoms with Crippen LogP contribution < -0.4 is 0 Å². The number of halogens is 1. The second-order valence-electron chi connectivity index (χ2n) is 1.01. The van der Waals surface area contributed by atoms with E-state index in [0.29, 0.717) is 12.4 Å². The van der Waals surface area contributed by atoms with Gasteiger partial charge in [-0.2, -0.15) is 0 Å². The molecule has 41 valence electrons. The molecule has 0 aromatic rings. The zero-order valence-corrected chi connectivity index (χ0v) is 5.03. The van der Waals surface area contributed by atoms with Crippen LogP contribution in [-0.4, -0.2) is 6.61 Å². The van der Waals surface area contributed by atoms with Crippen LogP contribution in [0.4, 0.5) is 0 Å². The molecule has 2 heteroatoms. The summed E-state index contributed by atoms with van der Waals surface area (Å²) >= 11 is 5.18. The summed E-state index contributed by atoms with van der Waals surface area (Å²) < 4.78 is 4.81. The summed E-state index contributed by atoms with van der Waals surface area (Å²) in [6.07, 6.45) is 0. The minimum Gasteiger partial charge on any atom is -0.497 e. The molecule has 0 aromatic heterocycles. The van der Waals surface area contributed by atoms with Crippen molar-refractivity contribution < 1.29 is 4.74 Å². The smallest absolute Gasteiger partial charge is 0.108 e. The summed E-state index contributed by atoms with van der Waals surface area (Å²) in [5.74, 6) is 0.518. The van der Waals surface area contributed by atoms with Crippen LogP contribution in [0.25, 0.3) is 0 Å². The van der Waals surface area contributed by atoms with E-state index in [-0.39, 0.29) is 0 Å². The first-order chi connectivity index (χ1) is 3.31. The molecule has 0 saturated heterocycles. The number of allylic oxidation sites excluding steroid dienone is 1. The Labute approximate surface area is 48.9 Å². The van der Waals surface area contributed by atoms with Crippen LogP contribution >= 0.6 is 11.6 Å². The quantitative estimate of drug-likeness (QED) is 0.505. The molecule has 0 saturated carbocycles. The first-order valence-corrected chi connectivity index (χ1v) is 2.50. The van der Waals surface area contributed by atoms with Crippen molar-refractivity contribution in [3.05, 3.63) is 18.2 Å². The number of hydrogen-bond acceptors (Lipinski definition) is 1. The van der Waals surface area contributed by atoms with Crippen molar-refractivity contribution in [2.24, 2.45) is 0 Å². The predicted molar refractivity (Wildman–Crippen MR) is 30.9 cm³/mol. The van der Waals surface area contributed by atoms with Gasteiger partial charge in [-0.05, 0) is 6.92 Å². The summed E-state index contributed by atoms with van der Waals surface area (Å²) in [4.78, 5) is 0. The number of hydrogen-bond donors (Lipinski definition) is 0. The van der Waals surface area contributed by atoms with Gasteiger partial charge in [-0.15, -0.1) is 0 Å². The summed E-state index contributed by atoms with van der Waals surface area (Å²) in [5.41, 5.74) is 1.31. The Morgan fingerprint density at radius 2 is 2.57 bits per heavy atom. The highest BCUT2D eigenvalue weighted by Gasteiger charge is 1.79. The van der Waals surface area contributed by atoms with Crippen molar-refractivity contribution in [2.75, 3.05) is 6.61 Å². The van der Waals surface area contributed by atoms with Crippen molar-refractivity contribution in [1.29, 1.82) is 0 Å². The highest BCUT2D eigenvalue weighted by molar-refractivity contribution is 6.25. The molecule has 0 aliphatic carbocycles. The highest BCUT2D eigenvalue weighted by Crippen LogP contribution is 1.94. The molecule has 0 rings (SSSR count). The average molecular weight is 120 g/mol. The number of rotatable bonds is 2. The summed E-state index contributed by atoms with van der Waals surface area (Å²) in [6, 6.07) is 0. The predicted octanol–water partition coefficient (Wildman–Crippen LogP) is 1.94. The van der Waals surface area contributed by atoms with Crippen molar-refractivity contribution in [2.45, 2.75) is 6.92 Å². The van der Waals surface area contributed by atoms with Gasteiger partial charge in [0.15, 0.2) is 0 Å². The van der Waals surface area contributed by atoms with E-state index in [9.17, 15) is 0 Å². The van der Waals surface area contributed by atoms with E-state index in [1.807, 2.05) is 6.92 Å². The topological polar surface area (TPSA) is 9.23 Å². The lowest BCUT2D eigenvalue weighted by molar-refractivity contribution is 0.242. The van der Waals surface area contributed by atoms with Crippen LogP contribution in [0.5, 0.6) is 0 Å². The maximum absolute atomic E-state index is 5.18. The Morgan fingerprint density at radius 3 is 2.71 bits per heavy atom. The third kappa shape index (κ3) is 3.67. The van der Waals surface area contributed by atoms with Gasteiger partial charge in [-0.3, -0.25) is 0 Å². The molecular weight excluding hydrogens is 112 g/mol. The minimum atomic E-state index is 0.518. The lowest BCUT2D eigenvalue weighted by Crippen LogP contribution is -1.83. The van der Waals surface area contributed by atoms with E-state index in [1.54, 1.807) is 0 Å². The van der Waals surface area contributed by atoms with Crippen LogP contribution in [0, 0.1) is 6.92 Å². The molecule has 0 spiro atoms. The molecule has 0 fully saturated rings. The Kier molecular flexibility index (Phi) is 3.90. The van der Waals surface area contributed by atoms with Gasteiger partial charge in [0.1, 0.15) is 5.76 Å². The molecule has 7 heavy (non-hydrogen) atoms. The molecule has 0 bridgehead atoms. The molecule has 0 amide bonds. The Balaban J connectivity index is 3.17. The molecule has 0 aromatic carbocycles. The third-order valence-electron chi connectivity index (χ3n) is 0.451. The molecular formula is C5H8ClO. The van der Waals surface area contributed by atoms with E-state index in [0.717, 1.165) is 0 Å². The molecule has 0 atom stereocenters. The minimum absolute atomic E-state index is 0.518. The van der Waals surface area contributed by atoms with Crippen LogP contribution in [0.15, 0.2) is 11.3 Å². The van der Waals surface area contributed by atoms with Crippen molar-refractivity contribution >= 4 is 11.6 Å². The zero-order chi connectivity index (χ0) is 5.70. The van der Waals surface area contributed by atoms with Crippen LogP contribution in [-0.2, 0) is 4.74 Å². The first kappa shape index (κ1) is 6.83. The monoisotopic (exact) mass is 119 g/mol. The van der Waals surface area contributed by atoms with E-state index < -0.39 is 0 Å². The van der Waals surface area contributed by atoms with Gasteiger partial charge in [0.2, 0.25) is 0 Å². The standard InChI is InChI=1S/C5H8ClO/c1-3-7-5(2)4-6/h4H,2-3H2,1H3/b5-4-. The fraction of sp³-hybridized carbons (Fsp3) is 0.400. The normalized spacial score (nSPS) is 11.6. The van der Waals surface area contributed by atoms with Gasteiger partial charge in [0.25, 0.3) is 0 Å². The van der Waals surface area contributed by atoms with Crippen LogP contribution in [0.2, 0.25) is 0 Å². The third-order valence-corrected chi connectivity index (χ3v) is 0.695. The lowest BCUT2D eigenvalue weighted by Gasteiger charge is -1.96. The number of ether oxygens (including phenoxy) is 1. The van der Waals surface area contributed by atoms with Gasteiger partial charge in [0.05, 0.1) is 6.61 Å². The molecule has 0 N–H and O–H groups in total. The Morgan fingerprint density at radius 1 is 2.00 bits per heavy atom. The van der Waals surface area contributed by atoms with Crippen molar-refractivity contribution in [3.8, 4) is 0 Å². The van der Waals surface area contributed by atoms with Gasteiger partial charge in [0, 0.05) is 12.5 Å². The van der Waals surface area contributed by atoms with E-state index in [2.05, 4.69) is 6.92 Å². The van der Waals surface area contributed by atoms with E-state index in [4.69, 9.17) is 16.3 Å². The van der Waals surface area contributed by atoms with Crippen molar-refractivity contribution in [1.82, 2.24) is 0 Å². The SMILES string of the molecule is [CH2]/C(=C/Cl)OCC. The molecule has 1 radical (unpaired) electrons. The van der Waals surface area contributed by atoms with Gasteiger partial charge in [-0.25, -0.2) is 0 Å². The first-order valence-electron chi connectivity index (χ1n) is 2.06. The molecule has 0 heterocycles. The Bertz CT molecular complexity index is 68.5. The summed E-state index contributed by atoms with van der Waals surface area (Å²) in [5, 5.41) is 0. The van der Waals surface area contributed by atoms with Crippen molar-refractivity contribution in [3.63, 3.8) is 0 Å². The summed E-state index contributed by atoms with van der Waals surface area (Å²) in [6.45, 7) is 5.96. The lowest BCUT2D eigenvalue weighted by atomic mass is 10.6. The van der Waals surface area contributed by atoms with Crippen LogP contribution in [0.3, 0.4) is 0 Å². The molecule has 0 aliphatic rings. The van der Waals surface area contributed by atoms with Gasteiger partial charge in [-0.1, -0.05) is 11.6 Å². The Hall–Kier alpha value is -0.170. The fourth-order valence-corrected chi connectivity index (χ4v) is 0.280. The maximum atomic E-state index is 5.18. The molecule has 1 nitrogen and oxygen atoms in total. The summed E-state index contributed by atoms with van der Waals surface area (Å²) in [7, 11) is 0. The van der Waals surface area contributed by atoms with Gasteiger partial charge < -0.3 is 4.74 Å². The molecule has 0 aliphatic heterocycles. The zero-order valence-electron chi connectivity index (χ0n) is 4.28. The van der Waals surface area contributed by atoms with Crippen LogP contribution in [0.1, 0.15) is 6.92 Å². The molecule has 0 unspecified atom stereocenters. The van der Waals surface area contributed by atoms with Gasteiger partial charge >= 0.3 is 0 Å². The van der Waals surface area contributed by atoms with E-state index in [1.165, 1.54) is 5.54 Å². The second kappa shape index (κ2) is 4.00. The highest BCUT2D eigenvalue weighted by atomic mass is 35.5.